The molecule has 1 aromatic carbocycles. The second-order valence-electron chi connectivity index (χ2n) is 9.37. The standard InChI is InChI=1S/C22H32BNO7/c1-20(2,3)29-19(27)24-10-11-28-17-13-15(8-9-18(25)26)12-16(14-17)23-30-21(4,5)22(6,7)31-23/h8-9,12-14H,10-11H2,1-7H3,(H,24,27)(H,25,26)/b9-8+. The van der Waals surface area contributed by atoms with E-state index < -0.39 is 36.0 Å². The predicted octanol–water partition coefficient (Wildman–Crippen LogP) is 2.99. The van der Waals surface area contributed by atoms with Crippen LogP contribution in [-0.4, -0.2) is 54.2 Å². The molecule has 0 radical (unpaired) electrons. The quantitative estimate of drug-likeness (QED) is 0.387. The van der Waals surface area contributed by atoms with Crippen LogP contribution in [0.5, 0.6) is 5.75 Å². The van der Waals surface area contributed by atoms with Gasteiger partial charge in [0.25, 0.3) is 0 Å². The third-order valence-corrected chi connectivity index (χ3v) is 4.93. The van der Waals surface area contributed by atoms with Gasteiger partial charge in [-0.3, -0.25) is 0 Å². The summed E-state index contributed by atoms with van der Waals surface area (Å²) in [5.74, 6) is -0.548. The summed E-state index contributed by atoms with van der Waals surface area (Å²) >= 11 is 0. The Kier molecular flexibility index (Phi) is 7.44. The summed E-state index contributed by atoms with van der Waals surface area (Å²) in [6.07, 6.45) is 2.01. The number of benzene rings is 1. The number of carbonyl (C=O) groups is 2. The zero-order chi connectivity index (χ0) is 23.4. The molecule has 1 heterocycles. The van der Waals surface area contributed by atoms with Gasteiger partial charge < -0.3 is 29.2 Å². The Labute approximate surface area is 184 Å². The molecule has 0 bridgehead atoms. The largest absolute Gasteiger partial charge is 0.494 e. The number of nitrogens with one attached hydrogen (secondary N) is 1. The van der Waals surface area contributed by atoms with E-state index in [9.17, 15) is 9.59 Å². The van der Waals surface area contributed by atoms with Crippen molar-refractivity contribution in [2.75, 3.05) is 13.2 Å². The molecule has 8 nitrogen and oxygen atoms in total. The maximum Gasteiger partial charge on any atom is 0.494 e. The second kappa shape index (κ2) is 9.32. The molecule has 0 unspecified atom stereocenters. The first-order valence-corrected chi connectivity index (χ1v) is 10.2. The lowest BCUT2D eigenvalue weighted by Gasteiger charge is -2.32. The molecule has 31 heavy (non-hydrogen) atoms. The van der Waals surface area contributed by atoms with Crippen molar-refractivity contribution in [3.05, 3.63) is 29.8 Å². The molecule has 2 N–H and O–H groups in total. The van der Waals surface area contributed by atoms with Crippen LogP contribution in [0.3, 0.4) is 0 Å². The van der Waals surface area contributed by atoms with Crippen LogP contribution in [0.15, 0.2) is 24.3 Å². The summed E-state index contributed by atoms with van der Waals surface area (Å²) in [6.45, 7) is 13.7. The Morgan fingerprint density at radius 2 is 1.74 bits per heavy atom. The number of carboxylic acids is 1. The van der Waals surface area contributed by atoms with Crippen LogP contribution in [0.1, 0.15) is 54.0 Å². The van der Waals surface area contributed by atoms with Crippen molar-refractivity contribution in [3.63, 3.8) is 0 Å². The van der Waals surface area contributed by atoms with Crippen LogP contribution < -0.4 is 15.5 Å². The number of rotatable bonds is 7. The van der Waals surface area contributed by atoms with E-state index in [0.29, 0.717) is 16.8 Å². The van der Waals surface area contributed by atoms with E-state index in [-0.39, 0.29) is 13.2 Å². The summed E-state index contributed by atoms with van der Waals surface area (Å²) in [5.41, 5.74) is -0.259. The molecule has 170 valence electrons. The molecule has 0 spiro atoms. The molecular weight excluding hydrogens is 401 g/mol. The fraction of sp³-hybridized carbons (Fsp3) is 0.545. The number of alkyl carbamates (subject to hydrolysis) is 1. The minimum Gasteiger partial charge on any atom is -0.492 e. The highest BCUT2D eigenvalue weighted by molar-refractivity contribution is 6.62. The summed E-state index contributed by atoms with van der Waals surface area (Å²) in [6, 6.07) is 5.29. The Bertz CT molecular complexity index is 827. The van der Waals surface area contributed by atoms with Crippen LogP contribution in [0.25, 0.3) is 6.08 Å². The highest BCUT2D eigenvalue weighted by atomic mass is 16.7. The number of hydrogen-bond donors (Lipinski definition) is 2. The van der Waals surface area contributed by atoms with Gasteiger partial charge in [0.15, 0.2) is 0 Å². The normalized spacial score (nSPS) is 17.6. The molecule has 0 atom stereocenters. The SMILES string of the molecule is CC(C)(C)OC(=O)NCCOc1cc(/C=C/C(=O)O)cc(B2OC(C)(C)C(C)(C)O2)c1. The lowest BCUT2D eigenvalue weighted by Crippen LogP contribution is -2.41. The van der Waals surface area contributed by atoms with Gasteiger partial charge in [0.2, 0.25) is 0 Å². The molecular formula is C22H32BNO7. The minimum atomic E-state index is -1.05. The Morgan fingerprint density at radius 1 is 1.13 bits per heavy atom. The van der Waals surface area contributed by atoms with Crippen LogP contribution in [0, 0.1) is 0 Å². The number of hydrogen-bond acceptors (Lipinski definition) is 6. The average Bonchev–Trinajstić information content (AvgIpc) is 2.83. The predicted molar refractivity (Wildman–Crippen MR) is 119 cm³/mol. The molecule has 1 amide bonds. The van der Waals surface area contributed by atoms with Gasteiger partial charge in [-0.1, -0.05) is 6.07 Å². The maximum absolute atomic E-state index is 11.7. The van der Waals surface area contributed by atoms with Gasteiger partial charge >= 0.3 is 19.2 Å². The van der Waals surface area contributed by atoms with Crippen molar-refractivity contribution in [3.8, 4) is 5.75 Å². The first-order valence-electron chi connectivity index (χ1n) is 10.2. The Morgan fingerprint density at radius 3 is 2.29 bits per heavy atom. The molecule has 9 heteroatoms. The van der Waals surface area contributed by atoms with E-state index in [0.717, 1.165) is 6.08 Å². The average molecular weight is 433 g/mol. The smallest absolute Gasteiger partial charge is 0.492 e. The van der Waals surface area contributed by atoms with Crippen LogP contribution in [-0.2, 0) is 18.8 Å². The van der Waals surface area contributed by atoms with Crippen molar-refractivity contribution in [2.24, 2.45) is 0 Å². The highest BCUT2D eigenvalue weighted by Crippen LogP contribution is 2.36. The van der Waals surface area contributed by atoms with Crippen LogP contribution in [0.4, 0.5) is 4.79 Å². The molecule has 2 rings (SSSR count). The number of ether oxygens (including phenoxy) is 2. The van der Waals surface area contributed by atoms with Crippen molar-refractivity contribution in [2.45, 2.75) is 65.3 Å². The first kappa shape index (κ1) is 24.8. The van der Waals surface area contributed by atoms with Crippen molar-refractivity contribution >= 4 is 30.7 Å². The van der Waals surface area contributed by atoms with E-state index in [2.05, 4.69) is 5.32 Å². The number of carboxylic acid groups (broad SMARTS) is 1. The van der Waals surface area contributed by atoms with E-state index in [4.69, 9.17) is 23.9 Å². The van der Waals surface area contributed by atoms with Gasteiger partial charge in [-0.2, -0.15) is 0 Å². The molecule has 1 fully saturated rings. The number of aliphatic carboxylic acids is 1. The van der Waals surface area contributed by atoms with Gasteiger partial charge in [0.1, 0.15) is 18.0 Å². The van der Waals surface area contributed by atoms with Crippen LogP contribution >= 0.6 is 0 Å². The minimum absolute atomic E-state index is 0.203. The molecule has 0 aliphatic carbocycles. The van der Waals surface area contributed by atoms with Gasteiger partial charge in [0, 0.05) is 6.08 Å². The van der Waals surface area contributed by atoms with Gasteiger partial charge in [-0.05, 0) is 77.7 Å². The molecule has 0 aromatic heterocycles. The van der Waals surface area contributed by atoms with Gasteiger partial charge in [0.05, 0.1) is 17.7 Å². The first-order chi connectivity index (χ1) is 14.2. The van der Waals surface area contributed by atoms with Crippen molar-refractivity contribution < 1.29 is 33.5 Å². The van der Waals surface area contributed by atoms with Crippen molar-refractivity contribution in [1.82, 2.24) is 5.32 Å². The topological polar surface area (TPSA) is 103 Å². The Hall–Kier alpha value is -2.52. The maximum atomic E-state index is 11.7. The lowest BCUT2D eigenvalue weighted by molar-refractivity contribution is -0.131. The van der Waals surface area contributed by atoms with Gasteiger partial charge in [-0.25, -0.2) is 9.59 Å². The summed E-state index contributed by atoms with van der Waals surface area (Å²) in [4.78, 5) is 22.7. The fourth-order valence-corrected chi connectivity index (χ4v) is 2.74. The second-order valence-corrected chi connectivity index (χ2v) is 9.37. The fourth-order valence-electron chi connectivity index (χ4n) is 2.74. The number of amides is 1. The van der Waals surface area contributed by atoms with E-state index in [1.165, 1.54) is 6.08 Å². The van der Waals surface area contributed by atoms with Crippen LogP contribution in [0.2, 0.25) is 0 Å². The molecule has 0 saturated carbocycles. The molecule has 1 aliphatic rings. The zero-order valence-electron chi connectivity index (χ0n) is 19.3. The van der Waals surface area contributed by atoms with Crippen molar-refractivity contribution in [1.29, 1.82) is 0 Å². The monoisotopic (exact) mass is 433 g/mol. The summed E-state index contributed by atoms with van der Waals surface area (Å²) < 4.78 is 23.2. The zero-order valence-corrected chi connectivity index (χ0v) is 19.3. The molecule has 1 aliphatic heterocycles. The lowest BCUT2D eigenvalue weighted by atomic mass is 9.78. The third-order valence-electron chi connectivity index (χ3n) is 4.93. The highest BCUT2D eigenvalue weighted by Gasteiger charge is 2.51. The number of carbonyl (C=O) groups excluding carboxylic acids is 1. The molecule has 1 aromatic rings. The van der Waals surface area contributed by atoms with Gasteiger partial charge in [-0.15, -0.1) is 0 Å². The Balaban J connectivity index is 2.12. The summed E-state index contributed by atoms with van der Waals surface area (Å²) in [7, 11) is -0.620. The third kappa shape index (κ3) is 7.29. The molecule has 1 saturated heterocycles. The summed E-state index contributed by atoms with van der Waals surface area (Å²) in [5, 5.41) is 11.6. The van der Waals surface area contributed by atoms with E-state index >= 15 is 0 Å². The van der Waals surface area contributed by atoms with E-state index in [1.54, 1.807) is 39.0 Å². The van der Waals surface area contributed by atoms with E-state index in [1.807, 2.05) is 27.7 Å².